The molecule has 5 heteroatoms. The van der Waals surface area contributed by atoms with Crippen molar-refractivity contribution in [3.63, 3.8) is 0 Å². The van der Waals surface area contributed by atoms with E-state index in [9.17, 15) is 9.59 Å². The fourth-order valence-electron chi connectivity index (χ4n) is 2.85. The number of hydrogen-bond acceptors (Lipinski definition) is 3. The molecule has 3 rings (SSSR count). The van der Waals surface area contributed by atoms with Crippen molar-refractivity contribution in [1.82, 2.24) is 5.32 Å². The van der Waals surface area contributed by atoms with Gasteiger partial charge in [0.1, 0.15) is 11.5 Å². The Hall–Kier alpha value is -2.82. The van der Waals surface area contributed by atoms with Crippen molar-refractivity contribution in [3.8, 4) is 11.5 Å². The van der Waals surface area contributed by atoms with Crippen LogP contribution in [0.1, 0.15) is 20.3 Å². The van der Waals surface area contributed by atoms with E-state index in [1.165, 1.54) is 0 Å². The number of nitrogens with zero attached hydrogens (tertiary/aromatic N) is 1. The van der Waals surface area contributed by atoms with Crippen LogP contribution >= 0.6 is 0 Å². The molecule has 1 heterocycles. The second kappa shape index (κ2) is 7.38. The zero-order valence-corrected chi connectivity index (χ0v) is 14.4. The molecule has 130 valence electrons. The molecule has 1 aliphatic heterocycles. The Bertz CT molecular complexity index is 741. The van der Waals surface area contributed by atoms with Crippen molar-refractivity contribution in [2.24, 2.45) is 5.92 Å². The third-order valence-electron chi connectivity index (χ3n) is 4.05. The third-order valence-corrected chi connectivity index (χ3v) is 4.05. The standard InChI is InChI=1S/C20H22N2O3/c1-14(2)21-20(24)15-12-19(23)22(13-15)16-8-10-18(11-9-16)25-17-6-4-3-5-7-17/h3-11,14-15H,12-13H2,1-2H3,(H,21,24). The highest BCUT2D eigenvalue weighted by atomic mass is 16.5. The first-order valence-electron chi connectivity index (χ1n) is 8.46. The number of anilines is 1. The van der Waals surface area contributed by atoms with Crippen LogP contribution in [0.3, 0.4) is 0 Å². The highest BCUT2D eigenvalue weighted by molar-refractivity contribution is 6.00. The number of carbonyl (C=O) groups is 2. The molecule has 0 radical (unpaired) electrons. The van der Waals surface area contributed by atoms with Crippen molar-refractivity contribution in [2.45, 2.75) is 26.3 Å². The highest BCUT2D eigenvalue weighted by Gasteiger charge is 2.35. The Morgan fingerprint density at radius 2 is 1.72 bits per heavy atom. The summed E-state index contributed by atoms with van der Waals surface area (Å²) in [6.07, 6.45) is 0.251. The zero-order valence-electron chi connectivity index (χ0n) is 14.4. The van der Waals surface area contributed by atoms with E-state index in [0.717, 1.165) is 11.4 Å². The van der Waals surface area contributed by atoms with Crippen molar-refractivity contribution in [2.75, 3.05) is 11.4 Å². The number of hydrogen-bond donors (Lipinski definition) is 1. The smallest absolute Gasteiger partial charge is 0.227 e. The molecule has 0 spiro atoms. The molecular weight excluding hydrogens is 316 g/mol. The molecule has 5 nitrogen and oxygen atoms in total. The van der Waals surface area contributed by atoms with Crippen LogP contribution in [0.25, 0.3) is 0 Å². The molecule has 0 saturated carbocycles. The lowest BCUT2D eigenvalue weighted by Crippen LogP contribution is -2.36. The minimum atomic E-state index is -0.296. The molecule has 1 fully saturated rings. The van der Waals surface area contributed by atoms with Crippen LogP contribution in [0.2, 0.25) is 0 Å². The fourth-order valence-corrected chi connectivity index (χ4v) is 2.85. The lowest BCUT2D eigenvalue weighted by molar-refractivity contribution is -0.126. The van der Waals surface area contributed by atoms with E-state index in [0.29, 0.717) is 12.3 Å². The second-order valence-electron chi connectivity index (χ2n) is 6.48. The van der Waals surface area contributed by atoms with E-state index in [1.54, 1.807) is 4.90 Å². The molecule has 1 N–H and O–H groups in total. The van der Waals surface area contributed by atoms with E-state index in [2.05, 4.69) is 5.32 Å². The average Bonchev–Trinajstić information content (AvgIpc) is 2.98. The summed E-state index contributed by atoms with van der Waals surface area (Å²) in [5.74, 6) is 1.08. The lowest BCUT2D eigenvalue weighted by atomic mass is 10.1. The average molecular weight is 338 g/mol. The molecule has 1 aliphatic rings. The third kappa shape index (κ3) is 4.18. The number of ether oxygens (including phenoxy) is 1. The van der Waals surface area contributed by atoms with E-state index in [4.69, 9.17) is 4.74 Å². The Kier molecular flexibility index (Phi) is 5.03. The van der Waals surface area contributed by atoms with E-state index < -0.39 is 0 Å². The maximum absolute atomic E-state index is 12.3. The van der Waals surface area contributed by atoms with E-state index in [1.807, 2.05) is 68.4 Å². The van der Waals surface area contributed by atoms with E-state index >= 15 is 0 Å². The number of benzene rings is 2. The van der Waals surface area contributed by atoms with Gasteiger partial charge in [-0.2, -0.15) is 0 Å². The summed E-state index contributed by atoms with van der Waals surface area (Å²) < 4.78 is 5.76. The molecule has 1 unspecified atom stereocenters. The molecule has 0 bridgehead atoms. The summed E-state index contributed by atoms with van der Waals surface area (Å²) in [5, 5.41) is 2.88. The quantitative estimate of drug-likeness (QED) is 0.909. The van der Waals surface area contributed by atoms with Gasteiger partial charge in [-0.25, -0.2) is 0 Å². The van der Waals surface area contributed by atoms with Crippen LogP contribution in [0.4, 0.5) is 5.69 Å². The van der Waals surface area contributed by atoms with Gasteiger partial charge in [-0.1, -0.05) is 18.2 Å². The van der Waals surface area contributed by atoms with Crippen molar-refractivity contribution in [3.05, 3.63) is 54.6 Å². The van der Waals surface area contributed by atoms with Gasteiger partial charge in [0.25, 0.3) is 0 Å². The van der Waals surface area contributed by atoms with Gasteiger partial charge in [-0.05, 0) is 50.2 Å². The summed E-state index contributed by atoms with van der Waals surface area (Å²) >= 11 is 0. The van der Waals surface area contributed by atoms with Crippen LogP contribution in [0.15, 0.2) is 54.6 Å². The Morgan fingerprint density at radius 3 is 2.36 bits per heavy atom. The first-order valence-corrected chi connectivity index (χ1v) is 8.46. The van der Waals surface area contributed by atoms with E-state index in [-0.39, 0.29) is 30.2 Å². The Balaban J connectivity index is 1.66. The number of amides is 2. The molecule has 0 aliphatic carbocycles. The number of carbonyl (C=O) groups excluding carboxylic acids is 2. The molecule has 0 aromatic heterocycles. The summed E-state index contributed by atoms with van der Waals surface area (Å²) in [6, 6.07) is 17.0. The molecule has 1 atom stereocenters. The lowest BCUT2D eigenvalue weighted by Gasteiger charge is -2.18. The summed E-state index contributed by atoms with van der Waals surface area (Å²) in [5.41, 5.74) is 0.783. The van der Waals surface area contributed by atoms with Gasteiger partial charge in [-0.15, -0.1) is 0 Å². The predicted octanol–water partition coefficient (Wildman–Crippen LogP) is 3.36. The van der Waals surface area contributed by atoms with Gasteiger partial charge in [0.15, 0.2) is 0 Å². The fraction of sp³-hybridized carbons (Fsp3) is 0.300. The first kappa shape index (κ1) is 17.0. The van der Waals surface area contributed by atoms with Crippen molar-refractivity contribution in [1.29, 1.82) is 0 Å². The summed E-state index contributed by atoms with van der Waals surface area (Å²) in [4.78, 5) is 26.1. The molecule has 2 amide bonds. The first-order chi connectivity index (χ1) is 12.0. The van der Waals surface area contributed by atoms with Crippen LogP contribution in [-0.4, -0.2) is 24.4 Å². The normalized spacial score (nSPS) is 17.0. The molecular formula is C20H22N2O3. The van der Waals surface area contributed by atoms with Crippen LogP contribution in [-0.2, 0) is 9.59 Å². The van der Waals surface area contributed by atoms with Gasteiger partial charge in [0, 0.05) is 24.7 Å². The maximum atomic E-state index is 12.3. The monoisotopic (exact) mass is 338 g/mol. The Labute approximate surface area is 147 Å². The molecule has 2 aromatic rings. The molecule has 2 aromatic carbocycles. The van der Waals surface area contributed by atoms with Gasteiger partial charge in [0.2, 0.25) is 11.8 Å². The minimum absolute atomic E-state index is 0.0272. The van der Waals surface area contributed by atoms with Crippen LogP contribution in [0, 0.1) is 5.92 Å². The topological polar surface area (TPSA) is 58.6 Å². The SMILES string of the molecule is CC(C)NC(=O)C1CC(=O)N(c2ccc(Oc3ccccc3)cc2)C1. The second-order valence-corrected chi connectivity index (χ2v) is 6.48. The minimum Gasteiger partial charge on any atom is -0.457 e. The summed E-state index contributed by atoms with van der Waals surface area (Å²) in [7, 11) is 0. The van der Waals surface area contributed by atoms with Crippen molar-refractivity contribution < 1.29 is 14.3 Å². The number of para-hydroxylation sites is 1. The number of rotatable bonds is 5. The largest absolute Gasteiger partial charge is 0.457 e. The van der Waals surface area contributed by atoms with Gasteiger partial charge in [0.05, 0.1) is 5.92 Å². The molecule has 1 saturated heterocycles. The number of nitrogens with one attached hydrogen (secondary N) is 1. The van der Waals surface area contributed by atoms with Gasteiger partial charge >= 0.3 is 0 Å². The van der Waals surface area contributed by atoms with Crippen LogP contribution in [0.5, 0.6) is 11.5 Å². The molecule has 25 heavy (non-hydrogen) atoms. The Morgan fingerprint density at radius 1 is 1.08 bits per heavy atom. The van der Waals surface area contributed by atoms with Gasteiger partial charge < -0.3 is 15.0 Å². The maximum Gasteiger partial charge on any atom is 0.227 e. The van der Waals surface area contributed by atoms with Crippen LogP contribution < -0.4 is 15.0 Å². The van der Waals surface area contributed by atoms with Gasteiger partial charge in [-0.3, -0.25) is 9.59 Å². The van der Waals surface area contributed by atoms with Crippen molar-refractivity contribution >= 4 is 17.5 Å². The predicted molar refractivity (Wildman–Crippen MR) is 96.7 cm³/mol. The highest BCUT2D eigenvalue weighted by Crippen LogP contribution is 2.28. The summed E-state index contributed by atoms with van der Waals surface area (Å²) in [6.45, 7) is 4.24. The zero-order chi connectivity index (χ0) is 17.8.